The van der Waals surface area contributed by atoms with Crippen LogP contribution < -0.4 is 0 Å². The lowest BCUT2D eigenvalue weighted by molar-refractivity contribution is 0.100. The predicted molar refractivity (Wildman–Crippen MR) is 95.0 cm³/mol. The molecule has 0 fully saturated rings. The number of rotatable bonds is 3. The molecule has 1 amide bonds. The van der Waals surface area contributed by atoms with Crippen molar-refractivity contribution in [2.75, 3.05) is 6.26 Å². The molecule has 0 aliphatic heterocycles. The molecule has 134 valence electrons. The highest BCUT2D eigenvalue weighted by Crippen LogP contribution is 2.23. The Morgan fingerprint density at radius 2 is 1.92 bits per heavy atom. The number of hydrogen-bond acceptors (Lipinski definition) is 5. The summed E-state index contributed by atoms with van der Waals surface area (Å²) in [5.41, 5.74) is 0.256. The Morgan fingerprint density at radius 3 is 2.50 bits per heavy atom. The van der Waals surface area contributed by atoms with Gasteiger partial charge in [0.05, 0.1) is 20.3 Å². The fraction of sp³-hybridized carbons (Fsp3) is 0.118. The van der Waals surface area contributed by atoms with E-state index in [4.69, 9.17) is 16.1 Å². The van der Waals surface area contributed by atoms with E-state index >= 15 is 0 Å². The van der Waals surface area contributed by atoms with Crippen LogP contribution >= 0.6 is 11.6 Å². The SMILES string of the molecule is Cc1nc(-c2ccc(S(C)(=O)=NC(=O)c3c(F)cccc3Cl)cc2)no1. The number of benzene rings is 2. The lowest BCUT2D eigenvalue weighted by atomic mass is 10.2. The zero-order valence-electron chi connectivity index (χ0n) is 13.8. The fourth-order valence-electron chi connectivity index (χ4n) is 2.23. The Morgan fingerprint density at radius 1 is 1.23 bits per heavy atom. The van der Waals surface area contributed by atoms with Gasteiger partial charge in [0.2, 0.25) is 11.7 Å². The third-order valence-electron chi connectivity index (χ3n) is 3.51. The monoisotopic (exact) mass is 393 g/mol. The molecule has 0 saturated carbocycles. The fourth-order valence-corrected chi connectivity index (χ4v) is 3.63. The molecule has 3 rings (SSSR count). The number of carbonyl (C=O) groups is 1. The topological polar surface area (TPSA) is 85.4 Å². The maximum absolute atomic E-state index is 13.8. The average molecular weight is 394 g/mol. The maximum atomic E-state index is 13.8. The second kappa shape index (κ2) is 6.97. The van der Waals surface area contributed by atoms with Crippen molar-refractivity contribution in [1.82, 2.24) is 10.1 Å². The van der Waals surface area contributed by atoms with Gasteiger partial charge in [0.25, 0.3) is 5.91 Å². The van der Waals surface area contributed by atoms with E-state index in [9.17, 15) is 13.4 Å². The van der Waals surface area contributed by atoms with E-state index in [0.29, 0.717) is 22.2 Å². The summed E-state index contributed by atoms with van der Waals surface area (Å²) in [5, 5.41) is 3.71. The van der Waals surface area contributed by atoms with Gasteiger partial charge in [0, 0.05) is 23.6 Å². The van der Waals surface area contributed by atoms with E-state index < -0.39 is 27.0 Å². The molecular formula is C17H13ClFN3O3S. The molecule has 0 aliphatic carbocycles. The molecule has 0 aliphatic rings. The molecule has 0 bridgehead atoms. The normalized spacial score (nSPS) is 13.2. The lowest BCUT2D eigenvalue weighted by Gasteiger charge is -2.06. The Hall–Kier alpha value is -2.58. The number of nitrogens with zero attached hydrogens (tertiary/aromatic N) is 3. The first-order valence-electron chi connectivity index (χ1n) is 7.39. The Bertz CT molecular complexity index is 1080. The van der Waals surface area contributed by atoms with Gasteiger partial charge in [-0.15, -0.1) is 0 Å². The summed E-state index contributed by atoms with van der Waals surface area (Å²) < 4.78 is 35.3. The van der Waals surface area contributed by atoms with Crippen LogP contribution in [0.5, 0.6) is 0 Å². The predicted octanol–water partition coefficient (Wildman–Crippen LogP) is 4.13. The van der Waals surface area contributed by atoms with Crippen LogP contribution in [0.3, 0.4) is 0 Å². The maximum Gasteiger partial charge on any atom is 0.289 e. The second-order valence-corrected chi connectivity index (χ2v) is 8.12. The Labute approximate surface area is 154 Å². The van der Waals surface area contributed by atoms with Gasteiger partial charge in [-0.05, 0) is 36.4 Å². The van der Waals surface area contributed by atoms with Crippen molar-refractivity contribution >= 4 is 27.2 Å². The van der Waals surface area contributed by atoms with Crippen molar-refractivity contribution in [2.45, 2.75) is 11.8 Å². The third kappa shape index (κ3) is 3.66. The lowest BCUT2D eigenvalue weighted by Crippen LogP contribution is -2.06. The smallest absolute Gasteiger partial charge is 0.289 e. The van der Waals surface area contributed by atoms with Crippen LogP contribution in [-0.4, -0.2) is 26.5 Å². The van der Waals surface area contributed by atoms with Gasteiger partial charge in [0.1, 0.15) is 5.82 Å². The van der Waals surface area contributed by atoms with Crippen molar-refractivity contribution < 1.29 is 17.9 Å². The summed E-state index contributed by atoms with van der Waals surface area (Å²) in [4.78, 5) is 16.7. The summed E-state index contributed by atoms with van der Waals surface area (Å²) in [6.45, 7) is 1.67. The van der Waals surface area contributed by atoms with Gasteiger partial charge in [-0.25, -0.2) is 8.60 Å². The minimum absolute atomic E-state index is 0.0863. The Balaban J connectivity index is 1.96. The first-order chi connectivity index (χ1) is 12.3. The average Bonchev–Trinajstić information content (AvgIpc) is 3.01. The van der Waals surface area contributed by atoms with Crippen molar-refractivity contribution in [2.24, 2.45) is 4.36 Å². The van der Waals surface area contributed by atoms with Crippen LogP contribution in [0.15, 0.2) is 56.2 Å². The van der Waals surface area contributed by atoms with Crippen LogP contribution in [0.2, 0.25) is 5.02 Å². The number of amides is 1. The molecule has 1 aromatic heterocycles. The standard InChI is InChI=1S/C17H13ClFN3O3S/c1-10-20-16(21-25-10)11-6-8-12(9-7-11)26(2,24)22-17(23)15-13(18)4-3-5-14(15)19/h3-9H,1-2H3. The van der Waals surface area contributed by atoms with Gasteiger partial charge in [0.15, 0.2) is 0 Å². The molecule has 26 heavy (non-hydrogen) atoms. The summed E-state index contributed by atoms with van der Waals surface area (Å²) >= 11 is 5.85. The van der Waals surface area contributed by atoms with Gasteiger partial charge >= 0.3 is 0 Å². The van der Waals surface area contributed by atoms with Crippen molar-refractivity contribution in [3.63, 3.8) is 0 Å². The number of carbonyl (C=O) groups excluding carboxylic acids is 1. The first-order valence-corrected chi connectivity index (χ1v) is 9.69. The van der Waals surface area contributed by atoms with Crippen molar-refractivity contribution in [1.29, 1.82) is 0 Å². The van der Waals surface area contributed by atoms with Crippen LogP contribution in [-0.2, 0) is 9.73 Å². The van der Waals surface area contributed by atoms with E-state index in [1.54, 1.807) is 31.2 Å². The second-order valence-electron chi connectivity index (χ2n) is 5.46. The minimum atomic E-state index is -3.10. The van der Waals surface area contributed by atoms with Crippen LogP contribution in [0, 0.1) is 12.7 Å². The van der Waals surface area contributed by atoms with Gasteiger partial charge in [-0.1, -0.05) is 22.8 Å². The number of aromatic nitrogens is 2. The van der Waals surface area contributed by atoms with E-state index in [1.807, 2.05) is 0 Å². The molecule has 1 unspecified atom stereocenters. The van der Waals surface area contributed by atoms with Crippen molar-refractivity contribution in [3.05, 3.63) is 64.8 Å². The molecule has 6 nitrogen and oxygen atoms in total. The van der Waals surface area contributed by atoms with Gasteiger partial charge in [-0.3, -0.25) is 4.79 Å². The molecular weight excluding hydrogens is 381 g/mol. The van der Waals surface area contributed by atoms with Crippen molar-refractivity contribution in [3.8, 4) is 11.4 Å². The number of aryl methyl sites for hydroxylation is 1. The van der Waals surface area contributed by atoms with Crippen LogP contribution in [0.4, 0.5) is 4.39 Å². The van der Waals surface area contributed by atoms with Gasteiger partial charge < -0.3 is 4.52 Å². The molecule has 1 atom stereocenters. The van der Waals surface area contributed by atoms with Gasteiger partial charge in [-0.2, -0.15) is 9.35 Å². The highest BCUT2D eigenvalue weighted by atomic mass is 35.5. The Kier molecular flexibility index (Phi) is 4.88. The zero-order valence-corrected chi connectivity index (χ0v) is 15.3. The summed E-state index contributed by atoms with van der Waals surface area (Å²) in [6, 6.07) is 10.2. The molecule has 9 heteroatoms. The molecule has 2 aromatic carbocycles. The van der Waals surface area contributed by atoms with E-state index in [2.05, 4.69) is 14.5 Å². The molecule has 1 heterocycles. The highest BCUT2D eigenvalue weighted by Gasteiger charge is 2.18. The van der Waals surface area contributed by atoms with E-state index in [0.717, 1.165) is 6.07 Å². The van der Waals surface area contributed by atoms with E-state index in [-0.39, 0.29) is 5.02 Å². The van der Waals surface area contributed by atoms with E-state index in [1.165, 1.54) is 18.4 Å². The largest absolute Gasteiger partial charge is 0.339 e. The summed E-state index contributed by atoms with van der Waals surface area (Å²) in [6.07, 6.45) is 1.30. The summed E-state index contributed by atoms with van der Waals surface area (Å²) in [5.74, 6) is -0.976. The van der Waals surface area contributed by atoms with Crippen LogP contribution in [0.25, 0.3) is 11.4 Å². The molecule has 0 saturated heterocycles. The minimum Gasteiger partial charge on any atom is -0.339 e. The highest BCUT2D eigenvalue weighted by molar-refractivity contribution is 7.93. The quantitative estimate of drug-likeness (QED) is 0.667. The third-order valence-corrected chi connectivity index (χ3v) is 5.49. The zero-order chi connectivity index (χ0) is 18.9. The number of hydrogen-bond donors (Lipinski definition) is 0. The first kappa shape index (κ1) is 18.2. The molecule has 0 N–H and O–H groups in total. The van der Waals surface area contributed by atoms with Crippen LogP contribution in [0.1, 0.15) is 16.2 Å². The molecule has 0 radical (unpaired) electrons. The molecule has 3 aromatic rings. The summed E-state index contributed by atoms with van der Waals surface area (Å²) in [7, 11) is -3.10. The molecule has 0 spiro atoms. The number of halogens is 2.